The number of hydrogen-bond donors (Lipinski definition) is 1. The van der Waals surface area contributed by atoms with Gasteiger partial charge in [0.05, 0.1) is 5.52 Å². The second kappa shape index (κ2) is 4.30. The van der Waals surface area contributed by atoms with E-state index in [1.807, 2.05) is 0 Å². The Morgan fingerprint density at radius 2 is 2.00 bits per heavy atom. The van der Waals surface area contributed by atoms with Gasteiger partial charge in [0, 0.05) is 31.6 Å². The highest BCUT2D eigenvalue weighted by Gasteiger charge is 2.15. The summed E-state index contributed by atoms with van der Waals surface area (Å²) in [4.78, 5) is 11.2. The van der Waals surface area contributed by atoms with Gasteiger partial charge in [-0.05, 0) is 18.6 Å². The van der Waals surface area contributed by atoms with Gasteiger partial charge in [-0.2, -0.15) is 0 Å². The minimum absolute atomic E-state index is 1.01. The van der Waals surface area contributed by atoms with Gasteiger partial charge in [0.25, 0.3) is 0 Å². The Bertz CT molecular complexity index is 532. The highest BCUT2D eigenvalue weighted by molar-refractivity contribution is 5.91. The molecular weight excluding hydrogens is 212 g/mol. The van der Waals surface area contributed by atoms with Crippen molar-refractivity contribution >= 4 is 16.7 Å². The van der Waals surface area contributed by atoms with Crippen molar-refractivity contribution in [2.24, 2.45) is 0 Å². The lowest BCUT2D eigenvalue weighted by molar-refractivity contribution is 0.586. The molecule has 0 unspecified atom stereocenters. The normalized spacial score (nSPS) is 16.4. The van der Waals surface area contributed by atoms with Crippen LogP contribution in [0, 0.1) is 6.92 Å². The molecule has 3 rings (SSSR count). The predicted molar refractivity (Wildman–Crippen MR) is 69.4 cm³/mol. The van der Waals surface area contributed by atoms with E-state index in [2.05, 4.69) is 45.3 Å². The minimum atomic E-state index is 1.01. The highest BCUT2D eigenvalue weighted by Crippen LogP contribution is 2.24. The molecule has 0 bridgehead atoms. The van der Waals surface area contributed by atoms with E-state index in [1.54, 1.807) is 6.33 Å². The molecule has 17 heavy (non-hydrogen) atoms. The maximum atomic E-state index is 4.46. The van der Waals surface area contributed by atoms with E-state index < -0.39 is 0 Å². The second-order valence-electron chi connectivity index (χ2n) is 4.41. The molecule has 2 aromatic rings. The molecule has 1 aromatic heterocycles. The molecule has 1 aromatic carbocycles. The Hall–Kier alpha value is -1.68. The molecule has 0 atom stereocenters. The maximum Gasteiger partial charge on any atom is 0.139 e. The highest BCUT2D eigenvalue weighted by atomic mass is 15.2. The first-order chi connectivity index (χ1) is 8.36. The average Bonchev–Trinajstić information content (AvgIpc) is 2.40. The Morgan fingerprint density at radius 3 is 2.82 bits per heavy atom. The number of nitrogens with zero attached hydrogens (tertiary/aromatic N) is 3. The van der Waals surface area contributed by atoms with Crippen molar-refractivity contribution in [3.8, 4) is 0 Å². The molecule has 1 saturated heterocycles. The quantitative estimate of drug-likeness (QED) is 0.800. The van der Waals surface area contributed by atoms with Crippen LogP contribution in [0.5, 0.6) is 0 Å². The van der Waals surface area contributed by atoms with Crippen LogP contribution in [-0.4, -0.2) is 36.1 Å². The fourth-order valence-electron chi connectivity index (χ4n) is 2.35. The predicted octanol–water partition coefficient (Wildman–Crippen LogP) is 1.35. The molecule has 0 radical (unpaired) electrons. The molecule has 4 heteroatoms. The fraction of sp³-hybridized carbons (Fsp3) is 0.385. The summed E-state index contributed by atoms with van der Waals surface area (Å²) in [5.74, 6) is 1.07. The van der Waals surface area contributed by atoms with Crippen LogP contribution in [0.1, 0.15) is 5.56 Å². The zero-order valence-corrected chi connectivity index (χ0v) is 9.98. The topological polar surface area (TPSA) is 41.0 Å². The van der Waals surface area contributed by atoms with E-state index in [0.717, 1.165) is 42.9 Å². The summed E-state index contributed by atoms with van der Waals surface area (Å²) in [5.41, 5.74) is 2.28. The van der Waals surface area contributed by atoms with Gasteiger partial charge in [-0.1, -0.05) is 12.1 Å². The SMILES string of the molecule is Cc1cccc2c(N3CCNCC3)ncnc12. The number of hydrogen-bond acceptors (Lipinski definition) is 4. The molecule has 1 aliphatic rings. The Kier molecular flexibility index (Phi) is 2.65. The van der Waals surface area contributed by atoms with Crippen LogP contribution in [0.4, 0.5) is 5.82 Å². The van der Waals surface area contributed by atoms with Crippen LogP contribution in [0.2, 0.25) is 0 Å². The van der Waals surface area contributed by atoms with E-state index in [9.17, 15) is 0 Å². The molecule has 2 heterocycles. The average molecular weight is 228 g/mol. The smallest absolute Gasteiger partial charge is 0.139 e. The van der Waals surface area contributed by atoms with E-state index in [-0.39, 0.29) is 0 Å². The van der Waals surface area contributed by atoms with Crippen LogP contribution in [0.15, 0.2) is 24.5 Å². The molecule has 4 nitrogen and oxygen atoms in total. The van der Waals surface area contributed by atoms with Crippen molar-refractivity contribution in [2.75, 3.05) is 31.1 Å². The van der Waals surface area contributed by atoms with Crippen LogP contribution in [0.3, 0.4) is 0 Å². The number of nitrogens with one attached hydrogen (secondary N) is 1. The molecule has 88 valence electrons. The van der Waals surface area contributed by atoms with Gasteiger partial charge in [0.2, 0.25) is 0 Å². The third-order valence-corrected chi connectivity index (χ3v) is 3.26. The summed E-state index contributed by atoms with van der Waals surface area (Å²) in [6.07, 6.45) is 1.67. The zero-order valence-electron chi connectivity index (χ0n) is 9.98. The number of rotatable bonds is 1. The molecule has 0 spiro atoms. The van der Waals surface area contributed by atoms with Gasteiger partial charge in [0.1, 0.15) is 12.1 Å². The first kappa shape index (κ1) is 10.5. The van der Waals surface area contributed by atoms with Gasteiger partial charge in [-0.25, -0.2) is 9.97 Å². The van der Waals surface area contributed by atoms with Crippen molar-refractivity contribution in [1.29, 1.82) is 0 Å². The van der Waals surface area contributed by atoms with Gasteiger partial charge in [0.15, 0.2) is 0 Å². The number of anilines is 1. The van der Waals surface area contributed by atoms with E-state index in [4.69, 9.17) is 0 Å². The van der Waals surface area contributed by atoms with Gasteiger partial charge in [-0.15, -0.1) is 0 Å². The first-order valence-electron chi connectivity index (χ1n) is 6.02. The van der Waals surface area contributed by atoms with Crippen molar-refractivity contribution in [3.63, 3.8) is 0 Å². The van der Waals surface area contributed by atoms with Crippen molar-refractivity contribution < 1.29 is 0 Å². The van der Waals surface area contributed by atoms with Gasteiger partial charge in [-0.3, -0.25) is 0 Å². The lowest BCUT2D eigenvalue weighted by atomic mass is 10.1. The summed E-state index contributed by atoms with van der Waals surface area (Å²) in [7, 11) is 0. The summed E-state index contributed by atoms with van der Waals surface area (Å²) in [5, 5.41) is 4.52. The first-order valence-corrected chi connectivity index (χ1v) is 6.02. The Labute approximate surface area is 101 Å². The number of benzene rings is 1. The summed E-state index contributed by atoms with van der Waals surface area (Å²) < 4.78 is 0. The number of aromatic nitrogens is 2. The molecule has 1 fully saturated rings. The number of fused-ring (bicyclic) bond motifs is 1. The minimum Gasteiger partial charge on any atom is -0.353 e. The summed E-state index contributed by atoms with van der Waals surface area (Å²) in [6, 6.07) is 6.28. The van der Waals surface area contributed by atoms with Crippen LogP contribution < -0.4 is 10.2 Å². The fourth-order valence-corrected chi connectivity index (χ4v) is 2.35. The monoisotopic (exact) mass is 228 g/mol. The lowest BCUT2D eigenvalue weighted by Gasteiger charge is -2.29. The van der Waals surface area contributed by atoms with Crippen LogP contribution in [-0.2, 0) is 0 Å². The summed E-state index contributed by atoms with van der Waals surface area (Å²) in [6.45, 7) is 6.17. The largest absolute Gasteiger partial charge is 0.353 e. The lowest BCUT2D eigenvalue weighted by Crippen LogP contribution is -2.44. The summed E-state index contributed by atoms with van der Waals surface area (Å²) >= 11 is 0. The van der Waals surface area contributed by atoms with Crippen molar-refractivity contribution in [2.45, 2.75) is 6.92 Å². The number of aryl methyl sites for hydroxylation is 1. The third-order valence-electron chi connectivity index (χ3n) is 3.26. The second-order valence-corrected chi connectivity index (χ2v) is 4.41. The standard InChI is InChI=1S/C13H16N4/c1-10-3-2-4-11-12(10)15-9-16-13(11)17-7-5-14-6-8-17/h2-4,9,14H,5-8H2,1H3. The Balaban J connectivity index is 2.12. The van der Waals surface area contributed by atoms with Crippen molar-refractivity contribution in [1.82, 2.24) is 15.3 Å². The zero-order chi connectivity index (χ0) is 11.7. The third kappa shape index (κ3) is 1.85. The van der Waals surface area contributed by atoms with E-state index >= 15 is 0 Å². The number of piperazine rings is 1. The van der Waals surface area contributed by atoms with E-state index in [1.165, 1.54) is 5.56 Å². The molecule has 0 amide bonds. The molecule has 0 aliphatic carbocycles. The van der Waals surface area contributed by atoms with Crippen LogP contribution >= 0.6 is 0 Å². The molecule has 1 aliphatic heterocycles. The molecule has 0 saturated carbocycles. The molecule has 1 N–H and O–H groups in total. The van der Waals surface area contributed by atoms with Crippen LogP contribution in [0.25, 0.3) is 10.9 Å². The van der Waals surface area contributed by atoms with Crippen molar-refractivity contribution in [3.05, 3.63) is 30.1 Å². The van der Waals surface area contributed by atoms with Gasteiger partial charge >= 0.3 is 0 Å². The van der Waals surface area contributed by atoms with Gasteiger partial charge < -0.3 is 10.2 Å². The Morgan fingerprint density at radius 1 is 1.18 bits per heavy atom. The van der Waals surface area contributed by atoms with E-state index in [0.29, 0.717) is 0 Å². The number of para-hydroxylation sites is 1. The maximum absolute atomic E-state index is 4.46. The molecular formula is C13H16N4.